The van der Waals surface area contributed by atoms with E-state index < -0.39 is 0 Å². The number of aryl methyl sites for hydroxylation is 1. The van der Waals surface area contributed by atoms with Crippen LogP contribution in [-0.4, -0.2) is 4.57 Å². The van der Waals surface area contributed by atoms with E-state index in [0.29, 0.717) is 0 Å². The Balaban J connectivity index is 1.27. The summed E-state index contributed by atoms with van der Waals surface area (Å²) in [7, 11) is 0. The van der Waals surface area contributed by atoms with E-state index in [9.17, 15) is 0 Å². The predicted octanol–water partition coefficient (Wildman–Crippen LogP) is 10.1. The summed E-state index contributed by atoms with van der Waals surface area (Å²) in [4.78, 5) is 0. The van der Waals surface area contributed by atoms with Gasteiger partial charge in [-0.2, -0.15) is 0 Å². The SMILES string of the molecule is C1=c2ccc3c(-n4c5ccccc5c5cc(-c6cccc7c6oc6ccccc67)ccc54)ccc4ccc(c2c43)CC1. The van der Waals surface area contributed by atoms with Gasteiger partial charge in [0.15, 0.2) is 0 Å². The molecule has 196 valence electrons. The van der Waals surface area contributed by atoms with E-state index in [2.05, 4.69) is 126 Å². The molecule has 0 aliphatic heterocycles. The van der Waals surface area contributed by atoms with E-state index >= 15 is 0 Å². The number of furan rings is 1. The summed E-state index contributed by atoms with van der Waals surface area (Å²) in [6, 6.07) is 44.4. The van der Waals surface area contributed by atoms with Crippen LogP contribution in [0.1, 0.15) is 12.0 Å². The van der Waals surface area contributed by atoms with Crippen LogP contribution in [0.5, 0.6) is 0 Å². The molecule has 0 saturated heterocycles. The van der Waals surface area contributed by atoms with Crippen LogP contribution in [0.2, 0.25) is 0 Å². The number of aromatic nitrogens is 1. The summed E-state index contributed by atoms with van der Waals surface area (Å²) in [6.07, 6.45) is 4.63. The van der Waals surface area contributed by atoms with Gasteiger partial charge in [0, 0.05) is 32.5 Å². The highest BCUT2D eigenvalue weighted by molar-refractivity contribution is 6.17. The Labute approximate surface area is 241 Å². The summed E-state index contributed by atoms with van der Waals surface area (Å²) >= 11 is 0. The highest BCUT2D eigenvalue weighted by atomic mass is 16.3. The predicted molar refractivity (Wildman–Crippen MR) is 177 cm³/mol. The van der Waals surface area contributed by atoms with Crippen molar-refractivity contribution in [3.63, 3.8) is 0 Å². The lowest BCUT2D eigenvalue weighted by molar-refractivity contribution is 0.670. The number of rotatable bonds is 2. The molecule has 0 fully saturated rings. The number of benzene rings is 7. The van der Waals surface area contributed by atoms with Crippen molar-refractivity contribution in [2.75, 3.05) is 0 Å². The summed E-state index contributed by atoms with van der Waals surface area (Å²) in [5.74, 6) is 0. The molecule has 2 heterocycles. The maximum atomic E-state index is 6.42. The quantitative estimate of drug-likeness (QED) is 0.215. The fourth-order valence-corrected chi connectivity index (χ4v) is 7.56. The van der Waals surface area contributed by atoms with E-state index in [-0.39, 0.29) is 0 Å². The fraction of sp³-hybridized carbons (Fsp3) is 0.0500. The standard InChI is InChI=1S/C40H25NO/c1-3-13-34-29(9-1)33-23-27(28-11-6-12-31-30-10-2-4-14-37(30)42-40(28)31)19-22-36(33)41(34)35-21-18-26-16-15-24-7-5-8-25-17-20-32(35)39(26)38(24)25/h1-4,6,8-23H,5,7H2. The first-order chi connectivity index (χ1) is 20.8. The second kappa shape index (κ2) is 8.11. The van der Waals surface area contributed by atoms with E-state index in [4.69, 9.17) is 4.42 Å². The molecule has 0 radical (unpaired) electrons. The topological polar surface area (TPSA) is 18.1 Å². The van der Waals surface area contributed by atoms with Crippen molar-refractivity contribution in [2.24, 2.45) is 0 Å². The summed E-state index contributed by atoms with van der Waals surface area (Å²) < 4.78 is 8.88. The Morgan fingerprint density at radius 3 is 2.38 bits per heavy atom. The van der Waals surface area contributed by atoms with E-state index in [1.54, 1.807) is 0 Å². The van der Waals surface area contributed by atoms with Gasteiger partial charge in [-0.15, -0.1) is 0 Å². The lowest BCUT2D eigenvalue weighted by atomic mass is 9.89. The number of nitrogens with zero attached hydrogens (tertiary/aromatic N) is 1. The van der Waals surface area contributed by atoms with Gasteiger partial charge in [0.2, 0.25) is 0 Å². The number of hydrogen-bond acceptors (Lipinski definition) is 1. The Bertz CT molecular complexity index is 2630. The van der Waals surface area contributed by atoms with Gasteiger partial charge >= 0.3 is 0 Å². The Hall–Kier alpha value is -5.34. The summed E-state index contributed by atoms with van der Waals surface area (Å²) in [5, 5.41) is 11.6. The lowest BCUT2D eigenvalue weighted by Gasteiger charge is -2.18. The zero-order chi connectivity index (χ0) is 27.4. The maximum absolute atomic E-state index is 6.42. The Morgan fingerprint density at radius 1 is 0.571 bits per heavy atom. The van der Waals surface area contributed by atoms with Crippen molar-refractivity contribution in [1.29, 1.82) is 0 Å². The molecule has 42 heavy (non-hydrogen) atoms. The Kier molecular flexibility index (Phi) is 4.32. The van der Waals surface area contributed by atoms with Gasteiger partial charge < -0.3 is 8.98 Å². The molecule has 1 aliphatic carbocycles. The van der Waals surface area contributed by atoms with Gasteiger partial charge in [-0.05, 0) is 75.7 Å². The van der Waals surface area contributed by atoms with Crippen molar-refractivity contribution in [2.45, 2.75) is 12.8 Å². The normalized spacial score (nSPS) is 13.2. The number of fused-ring (bicyclic) bond motifs is 6. The average Bonchev–Trinajstić information content (AvgIpc) is 3.59. The number of para-hydroxylation sites is 3. The third-order valence-electron chi connectivity index (χ3n) is 9.41. The van der Waals surface area contributed by atoms with Crippen LogP contribution in [0.3, 0.4) is 0 Å². The molecule has 0 amide bonds. The molecule has 0 saturated carbocycles. The van der Waals surface area contributed by atoms with Gasteiger partial charge in [0.25, 0.3) is 0 Å². The first-order valence-corrected chi connectivity index (χ1v) is 14.7. The molecule has 2 aromatic heterocycles. The van der Waals surface area contributed by atoms with Crippen LogP contribution in [0.4, 0.5) is 0 Å². The second-order valence-corrected chi connectivity index (χ2v) is 11.6. The van der Waals surface area contributed by atoms with Gasteiger partial charge in [-0.1, -0.05) is 97.1 Å². The molecule has 0 atom stereocenters. The van der Waals surface area contributed by atoms with Gasteiger partial charge in [-0.3, -0.25) is 0 Å². The highest BCUT2D eigenvalue weighted by Gasteiger charge is 2.19. The molecular weight excluding hydrogens is 510 g/mol. The van der Waals surface area contributed by atoms with Gasteiger partial charge in [-0.25, -0.2) is 0 Å². The highest BCUT2D eigenvalue weighted by Crippen LogP contribution is 2.41. The van der Waals surface area contributed by atoms with E-state index in [1.807, 2.05) is 6.07 Å². The van der Waals surface area contributed by atoms with Crippen LogP contribution >= 0.6 is 0 Å². The molecule has 1 aliphatic rings. The molecule has 0 unspecified atom stereocenters. The molecular formula is C40H25NO. The smallest absolute Gasteiger partial charge is 0.143 e. The third kappa shape index (κ3) is 2.89. The molecule has 9 aromatic rings. The third-order valence-corrected chi connectivity index (χ3v) is 9.41. The number of hydrogen-bond donors (Lipinski definition) is 0. The van der Waals surface area contributed by atoms with Crippen LogP contribution < -0.4 is 5.22 Å². The summed E-state index contributed by atoms with van der Waals surface area (Å²) in [5.41, 5.74) is 9.30. The maximum Gasteiger partial charge on any atom is 0.143 e. The first kappa shape index (κ1) is 22.4. The van der Waals surface area contributed by atoms with Crippen LogP contribution in [0.25, 0.3) is 88.2 Å². The van der Waals surface area contributed by atoms with Gasteiger partial charge in [0.05, 0.1) is 16.7 Å². The van der Waals surface area contributed by atoms with Crippen LogP contribution in [0, 0.1) is 0 Å². The zero-order valence-corrected chi connectivity index (χ0v) is 22.9. The molecule has 10 rings (SSSR count). The van der Waals surface area contributed by atoms with Crippen molar-refractivity contribution in [3.8, 4) is 16.8 Å². The summed E-state index contributed by atoms with van der Waals surface area (Å²) in [6.45, 7) is 0. The molecule has 2 heteroatoms. The first-order valence-electron chi connectivity index (χ1n) is 14.7. The molecule has 0 bridgehead atoms. The Morgan fingerprint density at radius 2 is 1.40 bits per heavy atom. The molecule has 0 N–H and O–H groups in total. The van der Waals surface area contributed by atoms with E-state index in [0.717, 1.165) is 40.3 Å². The van der Waals surface area contributed by atoms with Crippen molar-refractivity contribution >= 4 is 71.4 Å². The average molecular weight is 536 g/mol. The van der Waals surface area contributed by atoms with Crippen molar-refractivity contribution < 1.29 is 4.42 Å². The second-order valence-electron chi connectivity index (χ2n) is 11.6. The largest absolute Gasteiger partial charge is 0.455 e. The minimum absolute atomic E-state index is 0.927. The monoisotopic (exact) mass is 535 g/mol. The van der Waals surface area contributed by atoms with Gasteiger partial charge in [0.1, 0.15) is 11.2 Å². The molecule has 7 aromatic carbocycles. The minimum atomic E-state index is 0.927. The van der Waals surface area contributed by atoms with Crippen LogP contribution in [-0.2, 0) is 6.42 Å². The van der Waals surface area contributed by atoms with Crippen molar-refractivity contribution in [1.82, 2.24) is 4.57 Å². The van der Waals surface area contributed by atoms with Crippen LogP contribution in [0.15, 0.2) is 126 Å². The molecule has 0 spiro atoms. The minimum Gasteiger partial charge on any atom is -0.455 e. The lowest BCUT2D eigenvalue weighted by Crippen LogP contribution is -2.10. The fourth-order valence-electron chi connectivity index (χ4n) is 7.56. The van der Waals surface area contributed by atoms with E-state index in [1.165, 1.54) is 65.4 Å². The molecule has 2 nitrogen and oxygen atoms in total. The van der Waals surface area contributed by atoms with Crippen molar-refractivity contribution in [3.05, 3.63) is 132 Å². The zero-order valence-electron chi connectivity index (χ0n) is 22.9.